The Hall–Kier alpha value is -3.31. The van der Waals surface area contributed by atoms with Crippen LogP contribution in [0.3, 0.4) is 0 Å². The Morgan fingerprint density at radius 3 is 2.06 bits per heavy atom. The largest absolute Gasteiger partial charge is 0.378 e. The highest BCUT2D eigenvalue weighted by Crippen LogP contribution is 2.24. The summed E-state index contributed by atoms with van der Waals surface area (Å²) in [5.41, 5.74) is 5.11. The van der Waals surface area contributed by atoms with Crippen LogP contribution >= 0.6 is 0 Å². The Kier molecular flexibility index (Phi) is 7.77. The number of nitrogens with one attached hydrogen (secondary N) is 2. The molecule has 1 saturated heterocycles. The summed E-state index contributed by atoms with van der Waals surface area (Å²) in [6, 6.07) is 29.8. The molecule has 0 spiro atoms. The van der Waals surface area contributed by atoms with Gasteiger partial charge in [-0.2, -0.15) is 0 Å². The van der Waals surface area contributed by atoms with Gasteiger partial charge in [-0.25, -0.2) is 0 Å². The number of nitrogens with zero attached hydrogens (tertiary/aromatic N) is 2. The van der Waals surface area contributed by atoms with Gasteiger partial charge in [-0.3, -0.25) is 4.99 Å². The minimum absolute atomic E-state index is 0.247. The molecular weight excluding hydrogens is 396 g/mol. The van der Waals surface area contributed by atoms with Gasteiger partial charge >= 0.3 is 0 Å². The number of guanidine groups is 1. The van der Waals surface area contributed by atoms with Crippen LogP contribution in [0.4, 0.5) is 5.69 Å². The third-order valence-corrected chi connectivity index (χ3v) is 5.89. The van der Waals surface area contributed by atoms with Gasteiger partial charge in [-0.1, -0.05) is 78.9 Å². The summed E-state index contributed by atoms with van der Waals surface area (Å²) in [4.78, 5) is 6.87. The van der Waals surface area contributed by atoms with Crippen molar-refractivity contribution in [2.45, 2.75) is 12.5 Å². The third kappa shape index (κ3) is 5.68. The average molecular weight is 429 g/mol. The van der Waals surface area contributed by atoms with Gasteiger partial charge in [0.2, 0.25) is 0 Å². The zero-order valence-electron chi connectivity index (χ0n) is 18.7. The van der Waals surface area contributed by atoms with Gasteiger partial charge in [0, 0.05) is 44.8 Å². The first kappa shape index (κ1) is 21.9. The van der Waals surface area contributed by atoms with E-state index >= 15 is 0 Å². The molecule has 4 rings (SSSR count). The van der Waals surface area contributed by atoms with Gasteiger partial charge in [0.15, 0.2) is 5.96 Å². The van der Waals surface area contributed by atoms with Crippen molar-refractivity contribution in [3.8, 4) is 0 Å². The Morgan fingerprint density at radius 2 is 1.44 bits per heavy atom. The summed E-state index contributed by atoms with van der Waals surface area (Å²) in [7, 11) is 1.82. The Balaban J connectivity index is 1.42. The lowest BCUT2D eigenvalue weighted by Gasteiger charge is -2.30. The maximum Gasteiger partial charge on any atom is 0.191 e. The molecule has 0 bridgehead atoms. The molecule has 1 fully saturated rings. The molecule has 0 aromatic heterocycles. The number of para-hydroxylation sites is 1. The van der Waals surface area contributed by atoms with Crippen LogP contribution < -0.4 is 15.5 Å². The van der Waals surface area contributed by atoms with E-state index in [1.54, 1.807) is 0 Å². The Bertz CT molecular complexity index is 945. The fourth-order valence-corrected chi connectivity index (χ4v) is 4.17. The van der Waals surface area contributed by atoms with Crippen molar-refractivity contribution in [1.29, 1.82) is 0 Å². The van der Waals surface area contributed by atoms with E-state index in [1.165, 1.54) is 22.4 Å². The molecule has 5 heteroatoms. The van der Waals surface area contributed by atoms with Gasteiger partial charge in [0.25, 0.3) is 0 Å². The molecule has 0 aliphatic carbocycles. The van der Waals surface area contributed by atoms with Crippen molar-refractivity contribution in [2.24, 2.45) is 4.99 Å². The quantitative estimate of drug-likeness (QED) is 0.441. The highest BCUT2D eigenvalue weighted by atomic mass is 16.5. The fourth-order valence-electron chi connectivity index (χ4n) is 4.17. The number of rotatable bonds is 7. The number of morpholine rings is 1. The molecule has 1 aliphatic heterocycles. The maximum absolute atomic E-state index is 5.52. The van der Waals surface area contributed by atoms with Crippen LogP contribution in [-0.2, 0) is 11.3 Å². The minimum Gasteiger partial charge on any atom is -0.378 e. The first-order chi connectivity index (χ1) is 15.8. The molecule has 0 atom stereocenters. The minimum atomic E-state index is 0.247. The molecule has 166 valence electrons. The first-order valence-electron chi connectivity index (χ1n) is 11.3. The molecule has 2 N–H and O–H groups in total. The summed E-state index contributed by atoms with van der Waals surface area (Å²) in [5, 5.41) is 7.05. The molecule has 32 heavy (non-hydrogen) atoms. The zero-order chi connectivity index (χ0) is 22.0. The van der Waals surface area contributed by atoms with Crippen molar-refractivity contribution in [2.75, 3.05) is 44.8 Å². The second kappa shape index (κ2) is 11.3. The smallest absolute Gasteiger partial charge is 0.191 e. The van der Waals surface area contributed by atoms with Crippen LogP contribution in [0.25, 0.3) is 0 Å². The maximum atomic E-state index is 5.52. The van der Waals surface area contributed by atoms with Gasteiger partial charge in [-0.05, 0) is 22.8 Å². The molecule has 0 radical (unpaired) electrons. The van der Waals surface area contributed by atoms with Crippen molar-refractivity contribution in [3.63, 3.8) is 0 Å². The number of ether oxygens (including phenoxy) is 1. The van der Waals surface area contributed by atoms with Crippen LogP contribution in [0, 0.1) is 0 Å². The van der Waals surface area contributed by atoms with E-state index in [9.17, 15) is 0 Å². The Morgan fingerprint density at radius 1 is 0.844 bits per heavy atom. The van der Waals surface area contributed by atoms with Crippen LogP contribution in [0.2, 0.25) is 0 Å². The predicted molar refractivity (Wildman–Crippen MR) is 132 cm³/mol. The van der Waals surface area contributed by atoms with Crippen LogP contribution in [0.1, 0.15) is 22.6 Å². The topological polar surface area (TPSA) is 48.9 Å². The van der Waals surface area contributed by atoms with Crippen molar-refractivity contribution < 1.29 is 4.74 Å². The van der Waals surface area contributed by atoms with E-state index in [1.807, 2.05) is 7.05 Å². The lowest BCUT2D eigenvalue weighted by Crippen LogP contribution is -2.40. The van der Waals surface area contributed by atoms with Gasteiger partial charge in [0.1, 0.15) is 0 Å². The second-order valence-corrected chi connectivity index (χ2v) is 7.91. The standard InChI is InChI=1S/C27H32N4O/c1-28-27(29-20-24-14-8-9-15-26(24)31-16-18-32-19-17-31)30-21-25(22-10-4-2-5-11-22)23-12-6-3-7-13-23/h2-15,25H,16-21H2,1H3,(H2,28,29,30). The second-order valence-electron chi connectivity index (χ2n) is 7.91. The zero-order valence-corrected chi connectivity index (χ0v) is 18.7. The van der Waals surface area contributed by atoms with Crippen molar-refractivity contribution in [1.82, 2.24) is 10.6 Å². The van der Waals surface area contributed by atoms with Gasteiger partial charge < -0.3 is 20.3 Å². The molecule has 0 amide bonds. The van der Waals surface area contributed by atoms with E-state index < -0.39 is 0 Å². The highest BCUT2D eigenvalue weighted by Gasteiger charge is 2.16. The number of benzene rings is 3. The van der Waals surface area contributed by atoms with Crippen LogP contribution in [-0.4, -0.2) is 45.9 Å². The molecular formula is C27H32N4O. The van der Waals surface area contributed by atoms with Crippen LogP contribution in [0.15, 0.2) is 89.9 Å². The van der Waals surface area contributed by atoms with E-state index in [-0.39, 0.29) is 5.92 Å². The Labute approximate surface area is 191 Å². The van der Waals surface area contributed by atoms with Gasteiger partial charge in [0.05, 0.1) is 13.2 Å². The molecule has 1 heterocycles. The van der Waals surface area contributed by atoms with Crippen LogP contribution in [0.5, 0.6) is 0 Å². The molecule has 3 aromatic carbocycles. The van der Waals surface area contributed by atoms with Gasteiger partial charge in [-0.15, -0.1) is 0 Å². The SMILES string of the molecule is CN=C(NCc1ccccc1N1CCOCC1)NCC(c1ccccc1)c1ccccc1. The molecule has 1 aliphatic rings. The number of aliphatic imine (C=N–C) groups is 1. The van der Waals surface area contributed by atoms with E-state index in [4.69, 9.17) is 4.74 Å². The normalized spacial score (nSPS) is 14.4. The third-order valence-electron chi connectivity index (χ3n) is 5.89. The molecule has 3 aromatic rings. The molecule has 0 saturated carbocycles. The first-order valence-corrected chi connectivity index (χ1v) is 11.3. The summed E-state index contributed by atoms with van der Waals surface area (Å²) in [5.74, 6) is 1.05. The summed E-state index contributed by atoms with van der Waals surface area (Å²) < 4.78 is 5.52. The monoisotopic (exact) mass is 428 g/mol. The van der Waals surface area contributed by atoms with E-state index in [0.29, 0.717) is 6.54 Å². The number of hydrogen-bond acceptors (Lipinski definition) is 3. The summed E-state index contributed by atoms with van der Waals surface area (Å²) in [6.07, 6.45) is 0. The predicted octanol–water partition coefficient (Wildman–Crippen LogP) is 4.02. The molecule has 5 nitrogen and oxygen atoms in total. The highest BCUT2D eigenvalue weighted by molar-refractivity contribution is 5.80. The fraction of sp³-hybridized carbons (Fsp3) is 0.296. The number of hydrogen-bond donors (Lipinski definition) is 2. The average Bonchev–Trinajstić information content (AvgIpc) is 2.88. The molecule has 0 unspecified atom stereocenters. The van der Waals surface area contributed by atoms with E-state index in [2.05, 4.69) is 105 Å². The lowest BCUT2D eigenvalue weighted by atomic mass is 9.91. The summed E-state index contributed by atoms with van der Waals surface area (Å²) >= 11 is 0. The van der Waals surface area contributed by atoms with E-state index in [0.717, 1.165) is 38.8 Å². The summed E-state index contributed by atoms with van der Waals surface area (Å²) in [6.45, 7) is 4.91. The number of anilines is 1. The van der Waals surface area contributed by atoms with Crippen molar-refractivity contribution >= 4 is 11.6 Å². The van der Waals surface area contributed by atoms with Crippen molar-refractivity contribution in [3.05, 3.63) is 102 Å². The lowest BCUT2D eigenvalue weighted by molar-refractivity contribution is 0.122.